The maximum atomic E-state index is 12.8. The number of nitrogens with one attached hydrogen (secondary N) is 2. The maximum Gasteiger partial charge on any atom is 0.416 e. The summed E-state index contributed by atoms with van der Waals surface area (Å²) in [6.45, 7) is 7.28. The molecule has 120 valence electrons. The molecule has 7 heteroatoms. The van der Waals surface area contributed by atoms with E-state index in [0.717, 1.165) is 6.07 Å². The minimum atomic E-state index is -4.41. The molecule has 0 atom stereocenters. The number of alkyl halides is 3. The van der Waals surface area contributed by atoms with E-state index in [1.54, 1.807) is 14.0 Å². The summed E-state index contributed by atoms with van der Waals surface area (Å²) >= 11 is 0. The Balaban J connectivity index is 0.00000191. The van der Waals surface area contributed by atoms with Gasteiger partial charge in [-0.3, -0.25) is 4.99 Å². The average Bonchev–Trinajstić information content (AvgIpc) is 2.40. The van der Waals surface area contributed by atoms with Crippen LogP contribution in [0.4, 0.5) is 18.9 Å². The van der Waals surface area contributed by atoms with Crippen LogP contribution in [0, 0.1) is 6.92 Å². The summed E-state index contributed by atoms with van der Waals surface area (Å²) in [4.78, 5) is 4.13. The Hall–Kier alpha value is -1.76. The Morgan fingerprint density at radius 2 is 1.86 bits per heavy atom. The van der Waals surface area contributed by atoms with Crippen LogP contribution in [0.15, 0.2) is 17.1 Å². The smallest absolute Gasteiger partial charge is 0.399 e. The van der Waals surface area contributed by atoms with Gasteiger partial charge in [0.1, 0.15) is 5.84 Å². The van der Waals surface area contributed by atoms with Gasteiger partial charge < -0.3 is 11.2 Å². The van der Waals surface area contributed by atoms with Crippen molar-refractivity contribution in [2.75, 3.05) is 12.8 Å². The molecule has 1 rings (SSSR count). The third-order valence-corrected chi connectivity index (χ3v) is 2.64. The van der Waals surface area contributed by atoms with E-state index in [9.17, 15) is 13.2 Å². The fraction of sp³-hybridized carbons (Fsp3) is 0.500. The van der Waals surface area contributed by atoms with Gasteiger partial charge in [0.05, 0.1) is 12.1 Å². The second kappa shape index (κ2) is 8.51. The van der Waals surface area contributed by atoms with Crippen LogP contribution in [-0.4, -0.2) is 12.9 Å². The monoisotopic (exact) mass is 304 g/mol. The first kappa shape index (κ1) is 19.2. The number of rotatable bonds is 3. The molecule has 0 amide bonds. The first-order valence-electron chi connectivity index (χ1n) is 6.65. The molecule has 4 nitrogen and oxygen atoms in total. The summed E-state index contributed by atoms with van der Waals surface area (Å²) in [5.41, 5.74) is 10.9. The highest BCUT2D eigenvalue weighted by molar-refractivity contribution is 5.78. The van der Waals surface area contributed by atoms with E-state index in [1.807, 2.05) is 13.8 Å². The highest BCUT2D eigenvalue weighted by atomic mass is 19.4. The Morgan fingerprint density at radius 3 is 2.33 bits per heavy atom. The van der Waals surface area contributed by atoms with Crippen molar-refractivity contribution in [3.8, 4) is 0 Å². The molecule has 4 N–H and O–H groups in total. The van der Waals surface area contributed by atoms with Crippen LogP contribution in [0.2, 0.25) is 0 Å². The van der Waals surface area contributed by atoms with Crippen molar-refractivity contribution >= 4 is 11.5 Å². The van der Waals surface area contributed by atoms with Crippen LogP contribution in [0.25, 0.3) is 0 Å². The second-order valence-corrected chi connectivity index (χ2v) is 4.13. The normalized spacial score (nSPS) is 11.7. The number of benzene rings is 1. The molecule has 0 fully saturated rings. The molecule has 0 aromatic heterocycles. The molecule has 0 bridgehead atoms. The maximum absolute atomic E-state index is 12.8. The summed E-state index contributed by atoms with van der Waals surface area (Å²) in [5, 5.41) is 0. The molecule has 0 unspecified atom stereocenters. The number of anilines is 1. The van der Waals surface area contributed by atoms with Gasteiger partial charge in [0, 0.05) is 12.7 Å². The minimum absolute atomic E-state index is 0.0855. The number of hydrogen-bond donors (Lipinski definition) is 3. The molecule has 0 spiro atoms. The van der Waals surface area contributed by atoms with E-state index in [1.165, 1.54) is 13.0 Å². The summed E-state index contributed by atoms with van der Waals surface area (Å²) in [7, 11) is 1.67. The van der Waals surface area contributed by atoms with Crippen LogP contribution >= 0.6 is 0 Å². The standard InChI is InChI=1S/C12H17F3N4.C2H6/c1-7-9(6-18-8(2)19-17-3)4-10(16)5-11(7)12(13,14)15;1-2/h4-5,17H,6,16H2,1-3H3,(H,18,19);1-2H3. The molecule has 0 saturated heterocycles. The zero-order valence-corrected chi connectivity index (χ0v) is 13.0. The van der Waals surface area contributed by atoms with Gasteiger partial charge in [-0.25, -0.2) is 5.43 Å². The van der Waals surface area contributed by atoms with Gasteiger partial charge in [0.2, 0.25) is 0 Å². The molecule has 0 aliphatic heterocycles. The molecule has 0 saturated carbocycles. The summed E-state index contributed by atoms with van der Waals surface area (Å²) in [6, 6.07) is 2.46. The van der Waals surface area contributed by atoms with E-state index in [0.29, 0.717) is 11.4 Å². The van der Waals surface area contributed by atoms with Crippen LogP contribution in [0.3, 0.4) is 0 Å². The van der Waals surface area contributed by atoms with Gasteiger partial charge in [-0.05, 0) is 37.1 Å². The van der Waals surface area contributed by atoms with Crippen molar-refractivity contribution in [3.63, 3.8) is 0 Å². The zero-order chi connectivity index (χ0) is 16.6. The lowest BCUT2D eigenvalue weighted by Crippen LogP contribution is -2.32. The third kappa shape index (κ3) is 6.03. The zero-order valence-electron chi connectivity index (χ0n) is 13.0. The van der Waals surface area contributed by atoms with Crippen molar-refractivity contribution in [2.45, 2.75) is 40.4 Å². The van der Waals surface area contributed by atoms with Gasteiger partial charge in [-0.2, -0.15) is 13.2 Å². The van der Waals surface area contributed by atoms with Crippen molar-refractivity contribution in [3.05, 3.63) is 28.8 Å². The molecular formula is C14H23F3N4. The van der Waals surface area contributed by atoms with E-state index >= 15 is 0 Å². The van der Waals surface area contributed by atoms with E-state index < -0.39 is 11.7 Å². The van der Waals surface area contributed by atoms with Crippen molar-refractivity contribution < 1.29 is 13.2 Å². The van der Waals surface area contributed by atoms with E-state index in [-0.39, 0.29) is 17.8 Å². The third-order valence-electron chi connectivity index (χ3n) is 2.64. The predicted molar refractivity (Wildman–Crippen MR) is 80.9 cm³/mol. The molecule has 1 aromatic rings. The largest absolute Gasteiger partial charge is 0.416 e. The molecule has 0 heterocycles. The molecule has 0 radical (unpaired) electrons. The number of hydrogen-bond acceptors (Lipinski definition) is 3. The number of nitrogens with zero attached hydrogens (tertiary/aromatic N) is 1. The first-order chi connectivity index (χ1) is 9.75. The van der Waals surface area contributed by atoms with Gasteiger partial charge in [0.25, 0.3) is 0 Å². The molecule has 21 heavy (non-hydrogen) atoms. The van der Waals surface area contributed by atoms with Crippen LogP contribution in [0.1, 0.15) is 37.5 Å². The lowest BCUT2D eigenvalue weighted by molar-refractivity contribution is -0.138. The average molecular weight is 304 g/mol. The minimum Gasteiger partial charge on any atom is -0.399 e. The fourth-order valence-electron chi connectivity index (χ4n) is 1.68. The molecule has 0 aliphatic carbocycles. The second-order valence-electron chi connectivity index (χ2n) is 4.13. The predicted octanol–water partition coefficient (Wildman–Crippen LogP) is 3.26. The van der Waals surface area contributed by atoms with Gasteiger partial charge >= 0.3 is 6.18 Å². The highest BCUT2D eigenvalue weighted by Gasteiger charge is 2.33. The quantitative estimate of drug-likeness (QED) is 0.347. The van der Waals surface area contributed by atoms with Crippen LogP contribution in [-0.2, 0) is 12.7 Å². The lowest BCUT2D eigenvalue weighted by atomic mass is 10.0. The Morgan fingerprint density at radius 1 is 1.29 bits per heavy atom. The van der Waals surface area contributed by atoms with Crippen molar-refractivity contribution in [1.82, 2.24) is 10.9 Å². The lowest BCUT2D eigenvalue weighted by Gasteiger charge is -2.14. The van der Waals surface area contributed by atoms with Gasteiger partial charge in [-0.15, -0.1) is 0 Å². The molecular weight excluding hydrogens is 281 g/mol. The molecule has 0 aliphatic rings. The van der Waals surface area contributed by atoms with Crippen LogP contribution in [0.5, 0.6) is 0 Å². The molecule has 1 aromatic carbocycles. The van der Waals surface area contributed by atoms with Crippen LogP contribution < -0.4 is 16.6 Å². The topological polar surface area (TPSA) is 62.4 Å². The summed E-state index contributed by atoms with van der Waals surface area (Å²) in [6.07, 6.45) is -4.41. The Kier molecular flexibility index (Phi) is 7.80. The first-order valence-corrected chi connectivity index (χ1v) is 6.65. The van der Waals surface area contributed by atoms with Gasteiger partial charge in [-0.1, -0.05) is 13.8 Å². The number of nitrogen functional groups attached to an aromatic ring is 1. The SMILES string of the molecule is CC.CNNC(C)=NCc1cc(N)cc(C(F)(F)F)c1C. The number of aliphatic imine (C=N–C) groups is 1. The highest BCUT2D eigenvalue weighted by Crippen LogP contribution is 2.34. The number of amidine groups is 1. The Bertz CT molecular complexity index is 482. The Labute approximate surface area is 123 Å². The number of halogens is 3. The summed E-state index contributed by atoms with van der Waals surface area (Å²) in [5.74, 6) is 0.581. The van der Waals surface area contributed by atoms with Crippen molar-refractivity contribution in [1.29, 1.82) is 0 Å². The van der Waals surface area contributed by atoms with E-state index in [4.69, 9.17) is 5.73 Å². The fourth-order valence-corrected chi connectivity index (χ4v) is 1.68. The van der Waals surface area contributed by atoms with Crippen molar-refractivity contribution in [2.24, 2.45) is 4.99 Å². The van der Waals surface area contributed by atoms with Gasteiger partial charge in [0.15, 0.2) is 0 Å². The number of nitrogens with two attached hydrogens (primary N) is 1. The number of hydrazine groups is 1. The summed E-state index contributed by atoms with van der Waals surface area (Å²) < 4.78 is 38.4. The van der Waals surface area contributed by atoms with E-state index in [2.05, 4.69) is 15.8 Å².